The van der Waals surface area contributed by atoms with Gasteiger partial charge in [-0.2, -0.15) is 0 Å². The standard InChI is InChI=1S/C44H74NO8P/c1-3-5-7-9-11-13-15-17-19-20-21-22-23-25-27-29-31-33-35-37-44(47)53-42(41-52-54(48,49)51-39-38-45)40-50-43(46)36-34-32-30-28-26-24-18-16-14-12-10-8-6-4-2/h10-13,16-19,21-22,25,27,31,33,42H,3-9,14-15,20,23-24,26,28-30,32,34-41,45H2,1-2H3,(H,48,49)/b12-10+,13-11+,18-16+,19-17+,22-21+,27-25+,33-31+/t42-/m1/s1. The fourth-order valence-corrected chi connectivity index (χ4v) is 5.69. The van der Waals surface area contributed by atoms with Crippen molar-refractivity contribution in [3.63, 3.8) is 0 Å². The van der Waals surface area contributed by atoms with E-state index in [9.17, 15) is 19.0 Å². The van der Waals surface area contributed by atoms with Gasteiger partial charge in [-0.15, -0.1) is 0 Å². The molecule has 9 nitrogen and oxygen atoms in total. The number of phosphoric ester groups is 1. The summed E-state index contributed by atoms with van der Waals surface area (Å²) in [6, 6.07) is 0. The summed E-state index contributed by atoms with van der Waals surface area (Å²) in [6.07, 6.45) is 49.1. The van der Waals surface area contributed by atoms with E-state index in [2.05, 4.69) is 86.8 Å². The number of hydrogen-bond acceptors (Lipinski definition) is 8. The van der Waals surface area contributed by atoms with Crippen LogP contribution in [0.15, 0.2) is 85.1 Å². The largest absolute Gasteiger partial charge is 0.472 e. The van der Waals surface area contributed by atoms with E-state index in [1.165, 1.54) is 38.5 Å². The van der Waals surface area contributed by atoms with E-state index in [-0.39, 0.29) is 32.6 Å². The maximum atomic E-state index is 12.5. The first-order valence-electron chi connectivity index (χ1n) is 20.6. The van der Waals surface area contributed by atoms with Crippen molar-refractivity contribution in [2.75, 3.05) is 26.4 Å². The fraction of sp³-hybridized carbons (Fsp3) is 0.636. The van der Waals surface area contributed by atoms with E-state index in [0.717, 1.165) is 70.6 Å². The Balaban J connectivity index is 4.36. The summed E-state index contributed by atoms with van der Waals surface area (Å²) in [7, 11) is -4.40. The van der Waals surface area contributed by atoms with Crippen molar-refractivity contribution in [3.8, 4) is 0 Å². The summed E-state index contributed by atoms with van der Waals surface area (Å²) in [5.74, 6) is -0.951. The number of ether oxygens (including phenoxy) is 2. The second-order valence-electron chi connectivity index (χ2n) is 13.1. The second-order valence-corrected chi connectivity index (χ2v) is 14.6. The van der Waals surface area contributed by atoms with Crippen molar-refractivity contribution in [3.05, 3.63) is 85.1 Å². The molecule has 2 atom stereocenters. The first-order chi connectivity index (χ1) is 26.3. The van der Waals surface area contributed by atoms with Crippen LogP contribution >= 0.6 is 7.82 Å². The predicted octanol–water partition coefficient (Wildman–Crippen LogP) is 11.7. The number of phosphoric acid groups is 1. The number of carbonyl (C=O) groups is 2. The summed E-state index contributed by atoms with van der Waals surface area (Å²) >= 11 is 0. The molecule has 308 valence electrons. The summed E-state index contributed by atoms with van der Waals surface area (Å²) in [4.78, 5) is 34.8. The highest BCUT2D eigenvalue weighted by Gasteiger charge is 2.25. The molecule has 0 spiro atoms. The van der Waals surface area contributed by atoms with E-state index in [1.54, 1.807) is 0 Å². The van der Waals surface area contributed by atoms with E-state index < -0.39 is 32.5 Å². The zero-order chi connectivity index (χ0) is 39.6. The lowest BCUT2D eigenvalue weighted by molar-refractivity contribution is -0.161. The topological polar surface area (TPSA) is 134 Å². The highest BCUT2D eigenvalue weighted by atomic mass is 31.2. The van der Waals surface area contributed by atoms with Gasteiger partial charge in [-0.1, -0.05) is 144 Å². The van der Waals surface area contributed by atoms with Crippen LogP contribution in [-0.2, 0) is 32.7 Å². The van der Waals surface area contributed by atoms with Crippen LogP contribution in [0, 0.1) is 0 Å². The molecule has 1 unspecified atom stereocenters. The molecule has 0 aromatic rings. The van der Waals surface area contributed by atoms with Crippen LogP contribution in [-0.4, -0.2) is 49.3 Å². The third-order valence-electron chi connectivity index (χ3n) is 8.02. The molecule has 0 saturated heterocycles. The van der Waals surface area contributed by atoms with Gasteiger partial charge in [-0.25, -0.2) is 4.57 Å². The van der Waals surface area contributed by atoms with Gasteiger partial charge in [0.25, 0.3) is 0 Å². The lowest BCUT2D eigenvalue weighted by atomic mass is 10.1. The minimum atomic E-state index is -4.40. The number of hydrogen-bond donors (Lipinski definition) is 2. The van der Waals surface area contributed by atoms with Gasteiger partial charge in [-0.05, 0) is 77.0 Å². The molecule has 0 aliphatic heterocycles. The number of unbranched alkanes of at least 4 members (excludes halogenated alkanes) is 10. The molecule has 0 aliphatic carbocycles. The highest BCUT2D eigenvalue weighted by molar-refractivity contribution is 7.47. The summed E-state index contributed by atoms with van der Waals surface area (Å²) in [6.45, 7) is 3.53. The van der Waals surface area contributed by atoms with Gasteiger partial charge in [0.2, 0.25) is 0 Å². The molecule has 0 aromatic carbocycles. The SMILES string of the molecule is CCCC/C=C/C/C=C/CCCCCCCC(=O)OC[C@H](COP(=O)(O)OCCN)OC(=O)CC/C=C/C/C=C/C/C=C/C/C=C/C/C=C/CCCCC. The fourth-order valence-electron chi connectivity index (χ4n) is 4.93. The Kier molecular flexibility index (Phi) is 37.8. The summed E-state index contributed by atoms with van der Waals surface area (Å²) in [5, 5.41) is 0. The first-order valence-corrected chi connectivity index (χ1v) is 22.1. The number of nitrogens with two attached hydrogens (primary N) is 1. The van der Waals surface area contributed by atoms with Gasteiger partial charge >= 0.3 is 19.8 Å². The molecular formula is C44H74NO8P. The molecule has 0 bridgehead atoms. The van der Waals surface area contributed by atoms with Crippen molar-refractivity contribution < 1.29 is 37.6 Å². The smallest absolute Gasteiger partial charge is 0.462 e. The Hall–Kier alpha value is -2.81. The minimum absolute atomic E-state index is 0.0357. The van der Waals surface area contributed by atoms with Crippen molar-refractivity contribution in [1.82, 2.24) is 0 Å². The lowest BCUT2D eigenvalue weighted by Gasteiger charge is -2.19. The maximum Gasteiger partial charge on any atom is 0.472 e. The highest BCUT2D eigenvalue weighted by Crippen LogP contribution is 2.43. The number of rotatable bonds is 37. The molecule has 10 heteroatoms. The van der Waals surface area contributed by atoms with Gasteiger partial charge in [0, 0.05) is 19.4 Å². The monoisotopic (exact) mass is 776 g/mol. The Morgan fingerprint density at radius 1 is 0.556 bits per heavy atom. The van der Waals surface area contributed by atoms with Crippen molar-refractivity contribution >= 4 is 19.8 Å². The number of allylic oxidation sites excluding steroid dienone is 14. The third kappa shape index (κ3) is 38.9. The predicted molar refractivity (Wildman–Crippen MR) is 224 cm³/mol. The maximum absolute atomic E-state index is 12.5. The molecule has 0 amide bonds. The zero-order valence-corrected chi connectivity index (χ0v) is 34.6. The molecule has 0 radical (unpaired) electrons. The van der Waals surface area contributed by atoms with E-state index in [1.807, 2.05) is 12.2 Å². The van der Waals surface area contributed by atoms with Gasteiger partial charge < -0.3 is 20.1 Å². The second kappa shape index (κ2) is 39.9. The quantitative estimate of drug-likeness (QED) is 0.0274. The molecule has 0 aromatic heterocycles. The third-order valence-corrected chi connectivity index (χ3v) is 9.00. The summed E-state index contributed by atoms with van der Waals surface area (Å²) in [5.41, 5.74) is 5.33. The average molecular weight is 776 g/mol. The Morgan fingerprint density at radius 2 is 1.02 bits per heavy atom. The van der Waals surface area contributed by atoms with Crippen LogP contribution in [0.5, 0.6) is 0 Å². The Labute approximate surface area is 328 Å². The molecule has 3 N–H and O–H groups in total. The molecule has 0 fully saturated rings. The number of carbonyl (C=O) groups excluding carboxylic acids is 2. The first kappa shape index (κ1) is 51.2. The molecule has 0 rings (SSSR count). The molecule has 54 heavy (non-hydrogen) atoms. The van der Waals surface area contributed by atoms with E-state index in [4.69, 9.17) is 24.3 Å². The van der Waals surface area contributed by atoms with Crippen molar-refractivity contribution in [2.24, 2.45) is 5.73 Å². The van der Waals surface area contributed by atoms with E-state index in [0.29, 0.717) is 12.8 Å². The van der Waals surface area contributed by atoms with Gasteiger partial charge in [0.1, 0.15) is 6.61 Å². The van der Waals surface area contributed by atoms with Crippen LogP contribution in [0.1, 0.15) is 149 Å². The summed E-state index contributed by atoms with van der Waals surface area (Å²) < 4.78 is 32.6. The van der Waals surface area contributed by atoms with Crippen LogP contribution in [0.4, 0.5) is 0 Å². The molecular weight excluding hydrogens is 701 g/mol. The van der Waals surface area contributed by atoms with Crippen LogP contribution < -0.4 is 5.73 Å². The lowest BCUT2D eigenvalue weighted by Crippen LogP contribution is -2.29. The van der Waals surface area contributed by atoms with Gasteiger partial charge in [-0.3, -0.25) is 18.6 Å². The zero-order valence-electron chi connectivity index (χ0n) is 33.7. The molecule has 0 heterocycles. The molecule has 0 saturated carbocycles. The van der Waals surface area contributed by atoms with E-state index >= 15 is 0 Å². The van der Waals surface area contributed by atoms with Crippen LogP contribution in [0.2, 0.25) is 0 Å². The van der Waals surface area contributed by atoms with Gasteiger partial charge in [0.15, 0.2) is 6.10 Å². The van der Waals surface area contributed by atoms with Crippen LogP contribution in [0.25, 0.3) is 0 Å². The Bertz CT molecular complexity index is 1160. The minimum Gasteiger partial charge on any atom is -0.462 e. The van der Waals surface area contributed by atoms with Crippen molar-refractivity contribution in [1.29, 1.82) is 0 Å². The van der Waals surface area contributed by atoms with Gasteiger partial charge in [0.05, 0.1) is 13.2 Å². The van der Waals surface area contributed by atoms with Crippen molar-refractivity contribution in [2.45, 2.75) is 155 Å². The Morgan fingerprint density at radius 3 is 1.56 bits per heavy atom. The average Bonchev–Trinajstić information content (AvgIpc) is 3.16. The molecule has 0 aliphatic rings. The number of esters is 2. The van der Waals surface area contributed by atoms with Crippen LogP contribution in [0.3, 0.4) is 0 Å². The normalized spacial score (nSPS) is 14.2.